The largest absolute Gasteiger partial charge is 0.454 e. The molecule has 1 aromatic carbocycles. The van der Waals surface area contributed by atoms with Gasteiger partial charge in [0.25, 0.3) is 5.91 Å². The quantitative estimate of drug-likeness (QED) is 0.910. The number of ketones is 1. The zero-order valence-corrected chi connectivity index (χ0v) is 13.0. The zero-order valence-electron chi connectivity index (χ0n) is 13.0. The van der Waals surface area contributed by atoms with Crippen LogP contribution in [0.1, 0.15) is 39.8 Å². The fourth-order valence-corrected chi connectivity index (χ4v) is 2.91. The molecule has 4 rings (SSSR count). The summed E-state index contributed by atoms with van der Waals surface area (Å²) in [5, 5.41) is 2.66. The third kappa shape index (κ3) is 2.58. The van der Waals surface area contributed by atoms with E-state index in [0.29, 0.717) is 41.2 Å². The van der Waals surface area contributed by atoms with E-state index in [-0.39, 0.29) is 30.3 Å². The van der Waals surface area contributed by atoms with Gasteiger partial charge in [-0.3, -0.25) is 14.9 Å². The van der Waals surface area contributed by atoms with E-state index < -0.39 is 0 Å². The summed E-state index contributed by atoms with van der Waals surface area (Å²) in [6.07, 6.45) is 2.71. The van der Waals surface area contributed by atoms with Crippen LogP contribution in [0.2, 0.25) is 0 Å². The number of aromatic nitrogens is 2. The lowest BCUT2D eigenvalue weighted by Gasteiger charge is -2.19. The lowest BCUT2D eigenvalue weighted by atomic mass is 9.88. The molecule has 1 atom stereocenters. The number of carbonyl (C=O) groups excluding carboxylic acids is 2. The molecule has 1 aliphatic carbocycles. The van der Waals surface area contributed by atoms with Gasteiger partial charge in [-0.05, 0) is 30.5 Å². The minimum absolute atomic E-state index is 0.0531. The monoisotopic (exact) mass is 325 g/mol. The Kier molecular flexibility index (Phi) is 3.41. The van der Waals surface area contributed by atoms with Crippen LogP contribution < -0.4 is 14.8 Å². The molecule has 1 N–H and O–H groups in total. The average Bonchev–Trinajstić information content (AvgIpc) is 3.01. The Morgan fingerprint density at radius 3 is 2.96 bits per heavy atom. The van der Waals surface area contributed by atoms with Gasteiger partial charge in [0.1, 0.15) is 0 Å². The Morgan fingerprint density at radius 1 is 1.25 bits per heavy atom. The number of carbonyl (C=O) groups is 2. The van der Waals surface area contributed by atoms with Crippen molar-refractivity contribution in [1.82, 2.24) is 9.97 Å². The lowest BCUT2D eigenvalue weighted by Crippen LogP contribution is -2.22. The molecule has 2 heterocycles. The highest BCUT2D eigenvalue weighted by molar-refractivity contribution is 6.04. The minimum atomic E-state index is -0.344. The van der Waals surface area contributed by atoms with Gasteiger partial charge < -0.3 is 9.47 Å². The second kappa shape index (κ2) is 5.59. The molecular weight excluding hydrogens is 310 g/mol. The van der Waals surface area contributed by atoms with E-state index in [0.717, 1.165) is 0 Å². The normalized spacial score (nSPS) is 18.2. The summed E-state index contributed by atoms with van der Waals surface area (Å²) < 4.78 is 10.5. The van der Waals surface area contributed by atoms with Crippen molar-refractivity contribution in [2.24, 2.45) is 5.92 Å². The number of nitrogens with zero attached hydrogens (tertiary/aromatic N) is 2. The van der Waals surface area contributed by atoms with Gasteiger partial charge in [0.05, 0.1) is 11.3 Å². The highest BCUT2D eigenvalue weighted by atomic mass is 16.7. The van der Waals surface area contributed by atoms with Crippen LogP contribution in [-0.4, -0.2) is 28.5 Å². The number of ether oxygens (including phenoxy) is 2. The van der Waals surface area contributed by atoms with Gasteiger partial charge in [0, 0.05) is 18.2 Å². The highest BCUT2D eigenvalue weighted by Crippen LogP contribution is 2.32. The summed E-state index contributed by atoms with van der Waals surface area (Å²) in [6, 6.07) is 4.94. The third-order valence-electron chi connectivity index (χ3n) is 4.10. The predicted octanol–water partition coefficient (Wildman–Crippen LogP) is 2.22. The molecule has 0 fully saturated rings. The van der Waals surface area contributed by atoms with E-state index in [9.17, 15) is 9.59 Å². The van der Waals surface area contributed by atoms with Gasteiger partial charge in [-0.2, -0.15) is 0 Å². The first-order chi connectivity index (χ1) is 11.6. The summed E-state index contributed by atoms with van der Waals surface area (Å²) in [6.45, 7) is 2.16. The maximum atomic E-state index is 12.4. The second-order valence-corrected chi connectivity index (χ2v) is 6.01. The maximum absolute atomic E-state index is 12.4. The molecule has 0 saturated heterocycles. The molecule has 7 nitrogen and oxygen atoms in total. The molecule has 2 aliphatic rings. The van der Waals surface area contributed by atoms with Crippen LogP contribution in [0.4, 0.5) is 5.95 Å². The lowest BCUT2D eigenvalue weighted by molar-refractivity contribution is 0.0951. The van der Waals surface area contributed by atoms with E-state index in [1.54, 1.807) is 18.2 Å². The molecule has 0 spiro atoms. The van der Waals surface area contributed by atoms with Crippen molar-refractivity contribution >= 4 is 17.6 Å². The first kappa shape index (κ1) is 14.6. The first-order valence-corrected chi connectivity index (χ1v) is 7.70. The number of hydrogen-bond donors (Lipinski definition) is 1. The fourth-order valence-electron chi connectivity index (χ4n) is 2.91. The number of Topliss-reactive ketones (excluding diaryl/α,β-unsaturated/α-hetero) is 1. The van der Waals surface area contributed by atoms with E-state index in [2.05, 4.69) is 15.3 Å². The first-order valence-electron chi connectivity index (χ1n) is 7.70. The van der Waals surface area contributed by atoms with Gasteiger partial charge in [0.15, 0.2) is 17.3 Å². The van der Waals surface area contributed by atoms with Gasteiger partial charge in [-0.1, -0.05) is 6.92 Å². The van der Waals surface area contributed by atoms with Crippen LogP contribution >= 0.6 is 0 Å². The van der Waals surface area contributed by atoms with Crippen molar-refractivity contribution in [3.63, 3.8) is 0 Å². The van der Waals surface area contributed by atoms with E-state index >= 15 is 0 Å². The Hall–Kier alpha value is -2.96. The van der Waals surface area contributed by atoms with E-state index in [1.165, 1.54) is 6.20 Å². The second-order valence-electron chi connectivity index (χ2n) is 6.01. The molecule has 1 amide bonds. The van der Waals surface area contributed by atoms with Crippen LogP contribution in [0.15, 0.2) is 24.4 Å². The van der Waals surface area contributed by atoms with Gasteiger partial charge in [-0.15, -0.1) is 0 Å². The number of fused-ring (bicyclic) bond motifs is 2. The van der Waals surface area contributed by atoms with E-state index in [1.807, 2.05) is 6.92 Å². The molecule has 0 unspecified atom stereocenters. The SMILES string of the molecule is C[C@@H]1CC(=O)c2cnc(NC(=O)c3ccc4c(c3)OCO4)nc2C1. The summed E-state index contributed by atoms with van der Waals surface area (Å²) >= 11 is 0. The minimum Gasteiger partial charge on any atom is -0.454 e. The van der Waals surface area contributed by atoms with Crippen LogP contribution in [0.3, 0.4) is 0 Å². The number of benzene rings is 1. The Bertz CT molecular complexity index is 850. The molecule has 1 aromatic heterocycles. The number of nitrogens with one attached hydrogen (secondary N) is 1. The molecule has 0 saturated carbocycles. The molecule has 0 radical (unpaired) electrons. The number of amides is 1. The average molecular weight is 325 g/mol. The van der Waals surface area contributed by atoms with Crippen molar-refractivity contribution in [1.29, 1.82) is 0 Å². The smallest absolute Gasteiger partial charge is 0.258 e. The standard InChI is InChI=1S/C17H15N3O4/c1-9-4-12-11(13(21)5-9)7-18-17(19-12)20-16(22)10-2-3-14-15(6-10)24-8-23-14/h2-3,6-7,9H,4-5,8H2,1H3,(H,18,19,20,22)/t9-/m0/s1. The van der Waals surface area contributed by atoms with Crippen LogP contribution in [-0.2, 0) is 6.42 Å². The van der Waals surface area contributed by atoms with Crippen molar-refractivity contribution in [2.45, 2.75) is 19.8 Å². The zero-order chi connectivity index (χ0) is 16.7. The highest BCUT2D eigenvalue weighted by Gasteiger charge is 2.24. The summed E-state index contributed by atoms with van der Waals surface area (Å²) in [5.74, 6) is 1.30. The van der Waals surface area contributed by atoms with Crippen molar-refractivity contribution < 1.29 is 19.1 Å². The number of rotatable bonds is 2. The van der Waals surface area contributed by atoms with Crippen molar-refractivity contribution in [3.05, 3.63) is 41.2 Å². The fraction of sp³-hybridized carbons (Fsp3) is 0.294. The number of hydrogen-bond acceptors (Lipinski definition) is 6. The number of anilines is 1. The summed E-state index contributed by atoms with van der Waals surface area (Å²) in [4.78, 5) is 32.7. The van der Waals surface area contributed by atoms with Crippen molar-refractivity contribution in [2.75, 3.05) is 12.1 Å². The van der Waals surface area contributed by atoms with Crippen molar-refractivity contribution in [3.8, 4) is 11.5 Å². The molecule has 0 bridgehead atoms. The topological polar surface area (TPSA) is 90.4 Å². The molecule has 122 valence electrons. The molecular formula is C17H15N3O4. The molecule has 2 aromatic rings. The third-order valence-corrected chi connectivity index (χ3v) is 4.10. The van der Waals surface area contributed by atoms with Crippen LogP contribution in [0.25, 0.3) is 0 Å². The molecule has 24 heavy (non-hydrogen) atoms. The summed E-state index contributed by atoms with van der Waals surface area (Å²) in [5.41, 5.74) is 1.66. The Balaban J connectivity index is 1.56. The molecule has 1 aliphatic heterocycles. The summed E-state index contributed by atoms with van der Waals surface area (Å²) in [7, 11) is 0. The predicted molar refractivity (Wildman–Crippen MR) is 84.4 cm³/mol. The Labute approximate surface area is 138 Å². The maximum Gasteiger partial charge on any atom is 0.258 e. The Morgan fingerprint density at radius 2 is 2.08 bits per heavy atom. The van der Waals surface area contributed by atoms with Crippen LogP contribution in [0, 0.1) is 5.92 Å². The van der Waals surface area contributed by atoms with Gasteiger partial charge >= 0.3 is 0 Å². The van der Waals surface area contributed by atoms with Gasteiger partial charge in [-0.25, -0.2) is 9.97 Å². The molecule has 7 heteroatoms. The van der Waals surface area contributed by atoms with Crippen LogP contribution in [0.5, 0.6) is 11.5 Å². The van der Waals surface area contributed by atoms with E-state index in [4.69, 9.17) is 9.47 Å². The van der Waals surface area contributed by atoms with Gasteiger partial charge in [0.2, 0.25) is 12.7 Å².